The van der Waals surface area contributed by atoms with Gasteiger partial charge in [0.2, 0.25) is 0 Å². The van der Waals surface area contributed by atoms with Crippen LogP contribution in [0.2, 0.25) is 0 Å². The number of aromatic nitrogens is 2. The van der Waals surface area contributed by atoms with Crippen molar-refractivity contribution in [3.05, 3.63) is 17.5 Å². The minimum Gasteiger partial charge on any atom is -0.469 e. The van der Waals surface area contributed by atoms with Crippen molar-refractivity contribution in [1.29, 1.82) is 0 Å². The van der Waals surface area contributed by atoms with E-state index in [0.29, 0.717) is 12.5 Å². The average molecular weight is 293 g/mol. The first-order valence-electron chi connectivity index (χ1n) is 8.04. The van der Waals surface area contributed by atoms with Crippen LogP contribution in [-0.2, 0) is 29.0 Å². The predicted molar refractivity (Wildman–Crippen MR) is 82.0 cm³/mol. The van der Waals surface area contributed by atoms with Crippen molar-refractivity contribution in [3.8, 4) is 0 Å². The Balaban J connectivity index is 2.07. The zero-order valence-corrected chi connectivity index (χ0v) is 13.5. The first kappa shape index (κ1) is 16.0. The van der Waals surface area contributed by atoms with Crippen molar-refractivity contribution in [2.24, 2.45) is 0 Å². The second-order valence-electron chi connectivity index (χ2n) is 5.70. The third-order valence-corrected chi connectivity index (χ3v) is 4.32. The van der Waals surface area contributed by atoms with Crippen LogP contribution in [0.4, 0.5) is 0 Å². The molecule has 1 unspecified atom stereocenters. The molecule has 0 spiro atoms. The second-order valence-corrected chi connectivity index (χ2v) is 5.70. The standard InChI is InChI=1S/C16H27N3O2/c1-4-13-10-15(19(5-2)17-13)12-18-9-7-6-8-14(18)11-16(20)21-3/h10,14H,4-9,11-12H2,1-3H3. The van der Waals surface area contributed by atoms with Crippen LogP contribution in [0, 0.1) is 0 Å². The molecule has 21 heavy (non-hydrogen) atoms. The minimum atomic E-state index is -0.106. The van der Waals surface area contributed by atoms with Crippen molar-refractivity contribution in [3.63, 3.8) is 0 Å². The Morgan fingerprint density at radius 1 is 1.43 bits per heavy atom. The van der Waals surface area contributed by atoms with E-state index >= 15 is 0 Å². The van der Waals surface area contributed by atoms with Crippen molar-refractivity contribution in [1.82, 2.24) is 14.7 Å². The zero-order chi connectivity index (χ0) is 15.2. The monoisotopic (exact) mass is 293 g/mol. The van der Waals surface area contributed by atoms with Gasteiger partial charge in [0.15, 0.2) is 0 Å². The summed E-state index contributed by atoms with van der Waals surface area (Å²) in [4.78, 5) is 14.0. The molecule has 0 saturated carbocycles. The van der Waals surface area contributed by atoms with Gasteiger partial charge in [-0.2, -0.15) is 5.10 Å². The maximum Gasteiger partial charge on any atom is 0.307 e. The van der Waals surface area contributed by atoms with Gasteiger partial charge in [0.05, 0.1) is 24.9 Å². The second kappa shape index (κ2) is 7.59. The molecule has 1 saturated heterocycles. The summed E-state index contributed by atoms with van der Waals surface area (Å²) < 4.78 is 6.92. The van der Waals surface area contributed by atoms with Gasteiger partial charge in [0, 0.05) is 19.1 Å². The number of ether oxygens (including phenoxy) is 1. The number of aryl methyl sites for hydroxylation is 2. The lowest BCUT2D eigenvalue weighted by atomic mass is 9.99. The molecule has 1 aliphatic heterocycles. The number of esters is 1. The van der Waals surface area contributed by atoms with Crippen LogP contribution < -0.4 is 0 Å². The first-order chi connectivity index (χ1) is 10.2. The smallest absolute Gasteiger partial charge is 0.307 e. The Hall–Kier alpha value is -1.36. The van der Waals surface area contributed by atoms with E-state index in [0.717, 1.165) is 38.2 Å². The predicted octanol–water partition coefficient (Wildman–Crippen LogP) is 2.38. The number of hydrogen-bond acceptors (Lipinski definition) is 4. The van der Waals surface area contributed by atoms with Gasteiger partial charge in [0.25, 0.3) is 0 Å². The lowest BCUT2D eigenvalue weighted by molar-refractivity contribution is -0.142. The molecule has 5 nitrogen and oxygen atoms in total. The number of carbonyl (C=O) groups excluding carboxylic acids is 1. The van der Waals surface area contributed by atoms with Crippen LogP contribution in [0.1, 0.15) is 50.9 Å². The Bertz CT molecular complexity index is 470. The van der Waals surface area contributed by atoms with Gasteiger partial charge < -0.3 is 4.74 Å². The topological polar surface area (TPSA) is 47.4 Å². The summed E-state index contributed by atoms with van der Waals surface area (Å²) in [5, 5.41) is 4.61. The van der Waals surface area contributed by atoms with Crippen LogP contribution >= 0.6 is 0 Å². The van der Waals surface area contributed by atoms with E-state index in [9.17, 15) is 4.79 Å². The molecule has 1 fully saturated rings. The largest absolute Gasteiger partial charge is 0.469 e. The molecule has 2 heterocycles. The van der Waals surface area contributed by atoms with Gasteiger partial charge in [-0.1, -0.05) is 13.3 Å². The number of piperidine rings is 1. The molecule has 0 bridgehead atoms. The van der Waals surface area contributed by atoms with E-state index in [1.165, 1.54) is 25.6 Å². The molecule has 1 aromatic rings. The van der Waals surface area contributed by atoms with Crippen LogP contribution in [0.15, 0.2) is 6.07 Å². The van der Waals surface area contributed by atoms with Gasteiger partial charge in [-0.05, 0) is 38.8 Å². The van der Waals surface area contributed by atoms with Crippen molar-refractivity contribution in [2.45, 2.75) is 65.1 Å². The van der Waals surface area contributed by atoms with Gasteiger partial charge in [-0.3, -0.25) is 14.4 Å². The normalized spacial score (nSPS) is 19.7. The molecule has 0 N–H and O–H groups in total. The molecule has 0 aliphatic carbocycles. The minimum absolute atomic E-state index is 0.106. The van der Waals surface area contributed by atoms with Crippen LogP contribution in [-0.4, -0.2) is 40.3 Å². The fraction of sp³-hybridized carbons (Fsp3) is 0.750. The molecular formula is C16H27N3O2. The Labute approximate surface area is 127 Å². The molecule has 0 radical (unpaired) electrons. The van der Waals surface area contributed by atoms with E-state index in [-0.39, 0.29) is 5.97 Å². The lowest BCUT2D eigenvalue weighted by Gasteiger charge is -2.35. The van der Waals surface area contributed by atoms with Gasteiger partial charge in [-0.15, -0.1) is 0 Å². The van der Waals surface area contributed by atoms with Crippen LogP contribution in [0.25, 0.3) is 0 Å². The third kappa shape index (κ3) is 4.06. The summed E-state index contributed by atoms with van der Waals surface area (Å²) >= 11 is 0. The first-order valence-corrected chi connectivity index (χ1v) is 8.04. The molecule has 1 aromatic heterocycles. The fourth-order valence-electron chi connectivity index (χ4n) is 3.07. The molecule has 118 valence electrons. The fourth-order valence-corrected chi connectivity index (χ4v) is 3.07. The summed E-state index contributed by atoms with van der Waals surface area (Å²) in [6.45, 7) is 7.08. The van der Waals surface area contributed by atoms with E-state index in [4.69, 9.17) is 4.74 Å². The van der Waals surface area contributed by atoms with Crippen molar-refractivity contribution < 1.29 is 9.53 Å². The summed E-state index contributed by atoms with van der Waals surface area (Å²) in [5.74, 6) is -0.106. The van der Waals surface area contributed by atoms with Crippen molar-refractivity contribution in [2.75, 3.05) is 13.7 Å². The Kier molecular flexibility index (Phi) is 5.79. The van der Waals surface area contributed by atoms with Crippen molar-refractivity contribution >= 4 is 5.97 Å². The van der Waals surface area contributed by atoms with Gasteiger partial charge in [0.1, 0.15) is 0 Å². The number of rotatable bonds is 6. The lowest BCUT2D eigenvalue weighted by Crippen LogP contribution is -2.40. The van der Waals surface area contributed by atoms with Gasteiger partial charge >= 0.3 is 5.97 Å². The highest BCUT2D eigenvalue weighted by atomic mass is 16.5. The number of likely N-dealkylation sites (tertiary alicyclic amines) is 1. The number of nitrogens with zero attached hydrogens (tertiary/aromatic N) is 3. The zero-order valence-electron chi connectivity index (χ0n) is 13.5. The molecule has 0 amide bonds. The summed E-state index contributed by atoms with van der Waals surface area (Å²) in [7, 11) is 1.47. The molecule has 1 aliphatic rings. The summed E-state index contributed by atoms with van der Waals surface area (Å²) in [5.41, 5.74) is 2.40. The molecule has 0 aromatic carbocycles. The highest BCUT2D eigenvalue weighted by Crippen LogP contribution is 2.22. The quantitative estimate of drug-likeness (QED) is 0.756. The summed E-state index contributed by atoms with van der Waals surface area (Å²) in [6, 6.07) is 2.50. The number of methoxy groups -OCH3 is 1. The number of carbonyl (C=O) groups is 1. The van der Waals surface area contributed by atoms with Crippen LogP contribution in [0.3, 0.4) is 0 Å². The van der Waals surface area contributed by atoms with E-state index in [2.05, 4.69) is 34.6 Å². The Morgan fingerprint density at radius 2 is 2.24 bits per heavy atom. The summed E-state index contributed by atoms with van der Waals surface area (Å²) in [6.07, 6.45) is 4.95. The molecule has 1 atom stereocenters. The highest BCUT2D eigenvalue weighted by Gasteiger charge is 2.26. The Morgan fingerprint density at radius 3 is 2.90 bits per heavy atom. The average Bonchev–Trinajstić information content (AvgIpc) is 2.91. The maximum atomic E-state index is 11.6. The SMILES string of the molecule is CCc1cc(CN2CCCCC2CC(=O)OC)n(CC)n1. The van der Waals surface area contributed by atoms with E-state index < -0.39 is 0 Å². The van der Waals surface area contributed by atoms with E-state index in [1.807, 2.05) is 0 Å². The molecule has 2 rings (SSSR count). The van der Waals surface area contributed by atoms with E-state index in [1.54, 1.807) is 0 Å². The molecular weight excluding hydrogens is 266 g/mol. The molecule has 5 heteroatoms. The van der Waals surface area contributed by atoms with Crippen LogP contribution in [0.5, 0.6) is 0 Å². The maximum absolute atomic E-state index is 11.6. The third-order valence-electron chi connectivity index (χ3n) is 4.32. The number of hydrogen-bond donors (Lipinski definition) is 0. The highest BCUT2D eigenvalue weighted by molar-refractivity contribution is 5.69. The van der Waals surface area contributed by atoms with Gasteiger partial charge in [-0.25, -0.2) is 0 Å².